The molecular weight excluding hydrogens is 166 g/mol. The third-order valence-electron chi connectivity index (χ3n) is 2.82. The molecule has 0 aliphatic carbocycles. The maximum absolute atomic E-state index is 11.3. The van der Waals surface area contributed by atoms with Crippen LogP contribution in [-0.4, -0.2) is 37.1 Å². The molecule has 4 nitrogen and oxygen atoms in total. The van der Waals surface area contributed by atoms with Crippen molar-refractivity contribution in [3.05, 3.63) is 0 Å². The first-order chi connectivity index (χ1) is 6.19. The van der Waals surface area contributed by atoms with Crippen LogP contribution < -0.4 is 11.1 Å². The molecule has 3 N–H and O–H groups in total. The molecule has 4 heteroatoms. The molecule has 0 bridgehead atoms. The van der Waals surface area contributed by atoms with Gasteiger partial charge in [0.25, 0.3) is 0 Å². The molecule has 0 aromatic rings. The van der Waals surface area contributed by atoms with Crippen molar-refractivity contribution in [2.75, 3.05) is 20.1 Å². The molecule has 1 aliphatic heterocycles. The van der Waals surface area contributed by atoms with E-state index in [1.165, 1.54) is 0 Å². The monoisotopic (exact) mass is 185 g/mol. The van der Waals surface area contributed by atoms with E-state index in [2.05, 4.69) is 12.2 Å². The van der Waals surface area contributed by atoms with Crippen LogP contribution in [0, 0.1) is 5.92 Å². The Morgan fingerprint density at radius 2 is 2.38 bits per heavy atom. The summed E-state index contributed by atoms with van der Waals surface area (Å²) in [5.74, 6) is 0.464. The van der Waals surface area contributed by atoms with Gasteiger partial charge in [0.15, 0.2) is 0 Å². The number of carbonyl (C=O) groups excluding carboxylic acids is 1. The normalized spacial score (nSPS) is 28.7. The van der Waals surface area contributed by atoms with Crippen LogP contribution in [0.25, 0.3) is 0 Å². The Balaban J connectivity index is 2.49. The molecule has 2 unspecified atom stereocenters. The zero-order valence-corrected chi connectivity index (χ0v) is 8.42. The summed E-state index contributed by atoms with van der Waals surface area (Å²) in [6.45, 7) is 3.71. The Hall–Kier alpha value is -0.770. The third kappa shape index (κ3) is 2.34. The number of nitrogens with zero attached hydrogens (tertiary/aromatic N) is 1. The lowest BCUT2D eigenvalue weighted by molar-refractivity contribution is 0.155. The van der Waals surface area contributed by atoms with Crippen LogP contribution in [0.15, 0.2) is 0 Å². The van der Waals surface area contributed by atoms with E-state index in [1.54, 1.807) is 7.05 Å². The summed E-state index contributed by atoms with van der Waals surface area (Å²) in [5, 5.41) is 2.64. The van der Waals surface area contributed by atoms with Crippen LogP contribution in [0.2, 0.25) is 0 Å². The highest BCUT2D eigenvalue weighted by atomic mass is 16.2. The van der Waals surface area contributed by atoms with Crippen molar-refractivity contribution in [1.29, 1.82) is 0 Å². The molecule has 2 atom stereocenters. The minimum Gasteiger partial charge on any atom is -0.341 e. The Bertz CT molecular complexity index is 184. The molecule has 0 aromatic heterocycles. The maximum Gasteiger partial charge on any atom is 0.317 e. The number of urea groups is 1. The minimum atomic E-state index is 0.0188. The van der Waals surface area contributed by atoms with Gasteiger partial charge in [-0.1, -0.05) is 13.3 Å². The highest BCUT2D eigenvalue weighted by molar-refractivity contribution is 5.73. The fourth-order valence-corrected chi connectivity index (χ4v) is 1.82. The van der Waals surface area contributed by atoms with Crippen molar-refractivity contribution in [3.8, 4) is 0 Å². The zero-order valence-electron chi connectivity index (χ0n) is 8.42. The first-order valence-corrected chi connectivity index (χ1v) is 4.91. The average Bonchev–Trinajstić information content (AvgIpc) is 2.17. The van der Waals surface area contributed by atoms with Crippen LogP contribution in [-0.2, 0) is 0 Å². The number of nitrogens with two attached hydrogens (primary N) is 1. The number of rotatable bonds is 1. The number of piperidine rings is 1. The largest absolute Gasteiger partial charge is 0.341 e. The molecule has 0 radical (unpaired) electrons. The first-order valence-electron chi connectivity index (χ1n) is 4.91. The second kappa shape index (κ2) is 4.46. The van der Waals surface area contributed by atoms with Gasteiger partial charge in [-0.25, -0.2) is 4.79 Å². The topological polar surface area (TPSA) is 58.4 Å². The molecule has 13 heavy (non-hydrogen) atoms. The van der Waals surface area contributed by atoms with Crippen molar-refractivity contribution in [2.24, 2.45) is 11.7 Å². The quantitative estimate of drug-likeness (QED) is 0.620. The van der Waals surface area contributed by atoms with Crippen molar-refractivity contribution in [1.82, 2.24) is 10.2 Å². The van der Waals surface area contributed by atoms with Crippen molar-refractivity contribution in [3.63, 3.8) is 0 Å². The van der Waals surface area contributed by atoms with E-state index in [-0.39, 0.29) is 12.1 Å². The van der Waals surface area contributed by atoms with E-state index >= 15 is 0 Å². The van der Waals surface area contributed by atoms with Crippen molar-refractivity contribution in [2.45, 2.75) is 25.8 Å². The first kappa shape index (κ1) is 10.3. The van der Waals surface area contributed by atoms with Gasteiger partial charge < -0.3 is 16.0 Å². The summed E-state index contributed by atoms with van der Waals surface area (Å²) < 4.78 is 0. The number of hydrogen-bond acceptors (Lipinski definition) is 2. The van der Waals surface area contributed by atoms with Gasteiger partial charge in [0.1, 0.15) is 0 Å². The summed E-state index contributed by atoms with van der Waals surface area (Å²) in [7, 11) is 1.66. The van der Waals surface area contributed by atoms with Gasteiger partial charge >= 0.3 is 6.03 Å². The lowest BCUT2D eigenvalue weighted by Crippen LogP contribution is -2.51. The summed E-state index contributed by atoms with van der Waals surface area (Å²) in [6.07, 6.45) is 1.97. The Morgan fingerprint density at radius 3 is 2.92 bits per heavy atom. The maximum atomic E-state index is 11.3. The van der Waals surface area contributed by atoms with Gasteiger partial charge in [-0.05, 0) is 12.3 Å². The van der Waals surface area contributed by atoms with E-state index in [1.807, 2.05) is 4.90 Å². The van der Waals surface area contributed by atoms with E-state index in [0.717, 1.165) is 25.9 Å². The van der Waals surface area contributed by atoms with E-state index in [4.69, 9.17) is 5.73 Å². The molecule has 0 spiro atoms. The van der Waals surface area contributed by atoms with E-state index < -0.39 is 0 Å². The molecule has 1 heterocycles. The lowest BCUT2D eigenvalue weighted by atomic mass is 9.91. The zero-order chi connectivity index (χ0) is 9.84. The third-order valence-corrected chi connectivity index (χ3v) is 2.82. The van der Waals surface area contributed by atoms with Gasteiger partial charge in [0.2, 0.25) is 0 Å². The standard InChI is InChI=1S/C9H19N3O/c1-3-7-6-12(9(13)11-2)5-4-8(7)10/h7-8H,3-6,10H2,1-2H3,(H,11,13). The molecule has 1 aliphatic rings. The van der Waals surface area contributed by atoms with Crippen LogP contribution in [0.1, 0.15) is 19.8 Å². The van der Waals surface area contributed by atoms with Gasteiger partial charge in [0.05, 0.1) is 0 Å². The minimum absolute atomic E-state index is 0.0188. The summed E-state index contributed by atoms with van der Waals surface area (Å²) >= 11 is 0. The van der Waals surface area contributed by atoms with Crippen LogP contribution in [0.4, 0.5) is 4.79 Å². The number of amides is 2. The predicted molar refractivity (Wildman–Crippen MR) is 52.4 cm³/mol. The number of hydrogen-bond donors (Lipinski definition) is 2. The fraction of sp³-hybridized carbons (Fsp3) is 0.889. The summed E-state index contributed by atoms with van der Waals surface area (Å²) in [4.78, 5) is 13.2. The smallest absolute Gasteiger partial charge is 0.317 e. The van der Waals surface area contributed by atoms with Gasteiger partial charge in [0, 0.05) is 26.2 Å². The Morgan fingerprint density at radius 1 is 1.69 bits per heavy atom. The predicted octanol–water partition coefficient (Wildman–Crippen LogP) is 0.385. The average molecular weight is 185 g/mol. The summed E-state index contributed by atoms with van der Waals surface area (Å²) in [6, 6.07) is 0.288. The Kier molecular flexibility index (Phi) is 3.54. The summed E-state index contributed by atoms with van der Waals surface area (Å²) in [5.41, 5.74) is 5.93. The van der Waals surface area contributed by atoms with Crippen LogP contribution >= 0.6 is 0 Å². The van der Waals surface area contributed by atoms with E-state index in [9.17, 15) is 4.79 Å². The van der Waals surface area contributed by atoms with Crippen molar-refractivity contribution >= 4 is 6.03 Å². The van der Waals surface area contributed by atoms with Crippen LogP contribution in [0.3, 0.4) is 0 Å². The molecule has 2 amide bonds. The lowest BCUT2D eigenvalue weighted by Gasteiger charge is -2.36. The molecule has 0 saturated carbocycles. The molecule has 1 saturated heterocycles. The highest BCUT2D eigenvalue weighted by Crippen LogP contribution is 2.18. The van der Waals surface area contributed by atoms with Gasteiger partial charge in [-0.3, -0.25) is 0 Å². The highest BCUT2D eigenvalue weighted by Gasteiger charge is 2.27. The van der Waals surface area contributed by atoms with Gasteiger partial charge in [-0.2, -0.15) is 0 Å². The molecule has 1 rings (SSSR count). The molecule has 1 fully saturated rings. The number of nitrogens with one attached hydrogen (secondary N) is 1. The second-order valence-electron chi connectivity index (χ2n) is 3.62. The fourth-order valence-electron chi connectivity index (χ4n) is 1.82. The second-order valence-corrected chi connectivity index (χ2v) is 3.62. The SMILES string of the molecule is CCC1CN(C(=O)NC)CCC1N. The van der Waals surface area contributed by atoms with Gasteiger partial charge in [-0.15, -0.1) is 0 Å². The molecule has 76 valence electrons. The molecular formula is C9H19N3O. The number of carbonyl (C=O) groups is 1. The van der Waals surface area contributed by atoms with Crippen molar-refractivity contribution < 1.29 is 4.79 Å². The number of likely N-dealkylation sites (tertiary alicyclic amines) is 1. The molecule has 0 aromatic carbocycles. The van der Waals surface area contributed by atoms with E-state index in [0.29, 0.717) is 5.92 Å². The van der Waals surface area contributed by atoms with Crippen LogP contribution in [0.5, 0.6) is 0 Å². The Labute approximate surface area is 79.5 Å².